The van der Waals surface area contributed by atoms with Crippen LogP contribution < -0.4 is 0 Å². The summed E-state index contributed by atoms with van der Waals surface area (Å²) in [6, 6.07) is 11.4. The lowest BCUT2D eigenvalue weighted by atomic mass is 9.77. The van der Waals surface area contributed by atoms with Crippen molar-refractivity contribution < 1.29 is 4.39 Å². The average Bonchev–Trinajstić information content (AvgIpc) is 2.60. The molecule has 1 fully saturated rings. The van der Waals surface area contributed by atoms with E-state index in [9.17, 15) is 4.39 Å². The molecule has 3 rings (SSSR count). The van der Waals surface area contributed by atoms with Gasteiger partial charge in [-0.2, -0.15) is 5.26 Å². The SMILES string of the molecule is CCCCC1CCC(c2ccc3c(F)c(C#N)ccc3c2)CC1. The van der Waals surface area contributed by atoms with Crippen LogP contribution in [-0.4, -0.2) is 0 Å². The molecule has 0 aromatic heterocycles. The molecule has 2 aromatic rings. The van der Waals surface area contributed by atoms with Crippen LogP contribution in [0, 0.1) is 23.1 Å². The number of benzene rings is 2. The Kier molecular flexibility index (Phi) is 4.96. The molecule has 1 saturated carbocycles. The molecule has 1 aliphatic carbocycles. The molecular formula is C21H24FN. The van der Waals surface area contributed by atoms with Gasteiger partial charge in [-0.3, -0.25) is 0 Å². The largest absolute Gasteiger partial charge is 0.205 e. The predicted molar refractivity (Wildman–Crippen MR) is 92.8 cm³/mol. The van der Waals surface area contributed by atoms with Gasteiger partial charge < -0.3 is 0 Å². The molecule has 23 heavy (non-hydrogen) atoms. The van der Waals surface area contributed by atoms with Crippen molar-refractivity contribution in [3.8, 4) is 6.07 Å². The summed E-state index contributed by atoms with van der Waals surface area (Å²) in [5.74, 6) is 1.12. The fraction of sp³-hybridized carbons (Fsp3) is 0.476. The Balaban J connectivity index is 1.76. The molecule has 0 bridgehead atoms. The normalized spacial score (nSPS) is 21.3. The molecule has 2 aromatic carbocycles. The molecule has 0 heterocycles. The molecule has 0 spiro atoms. The molecule has 1 aliphatic rings. The van der Waals surface area contributed by atoms with Gasteiger partial charge in [-0.05, 0) is 54.5 Å². The highest BCUT2D eigenvalue weighted by molar-refractivity contribution is 5.85. The number of halogens is 1. The minimum atomic E-state index is -0.389. The van der Waals surface area contributed by atoms with Crippen molar-refractivity contribution >= 4 is 10.8 Å². The van der Waals surface area contributed by atoms with Crippen molar-refractivity contribution in [1.82, 2.24) is 0 Å². The smallest absolute Gasteiger partial charge is 0.148 e. The second-order valence-corrected chi connectivity index (χ2v) is 6.88. The van der Waals surface area contributed by atoms with Gasteiger partial charge in [-0.25, -0.2) is 4.39 Å². The number of nitriles is 1. The number of fused-ring (bicyclic) bond motifs is 1. The molecule has 0 amide bonds. The first-order valence-electron chi connectivity index (χ1n) is 8.85. The first-order valence-corrected chi connectivity index (χ1v) is 8.85. The number of hydrogen-bond acceptors (Lipinski definition) is 1. The van der Waals surface area contributed by atoms with Gasteiger partial charge in [0, 0.05) is 5.39 Å². The molecule has 0 atom stereocenters. The number of unbranched alkanes of at least 4 members (excludes halogenated alkanes) is 1. The van der Waals surface area contributed by atoms with E-state index in [1.807, 2.05) is 18.2 Å². The zero-order chi connectivity index (χ0) is 16.2. The molecule has 0 saturated heterocycles. The van der Waals surface area contributed by atoms with Gasteiger partial charge in [0.2, 0.25) is 0 Å². The van der Waals surface area contributed by atoms with E-state index < -0.39 is 0 Å². The van der Waals surface area contributed by atoms with Gasteiger partial charge in [-0.1, -0.05) is 50.5 Å². The fourth-order valence-electron chi connectivity index (χ4n) is 3.93. The first kappa shape index (κ1) is 16.0. The molecule has 0 aliphatic heterocycles. The maximum Gasteiger partial charge on any atom is 0.148 e. The standard InChI is InChI=1S/C21H24FN/c1-2-3-4-15-5-7-16(8-6-15)17-11-12-20-18(13-17)9-10-19(14-23)21(20)22/h9-13,15-16H,2-8H2,1H3. The van der Waals surface area contributed by atoms with Gasteiger partial charge in [0.05, 0.1) is 5.56 Å². The Labute approximate surface area is 138 Å². The Bertz CT molecular complexity index is 720. The third-order valence-electron chi connectivity index (χ3n) is 5.38. The van der Waals surface area contributed by atoms with Crippen molar-refractivity contribution in [3.05, 3.63) is 47.3 Å². The lowest BCUT2D eigenvalue weighted by molar-refractivity contribution is 0.304. The Morgan fingerprint density at radius 1 is 1.13 bits per heavy atom. The maximum absolute atomic E-state index is 14.2. The highest BCUT2D eigenvalue weighted by Gasteiger charge is 2.22. The van der Waals surface area contributed by atoms with Crippen LogP contribution in [0.2, 0.25) is 0 Å². The number of nitrogens with zero attached hydrogens (tertiary/aromatic N) is 1. The van der Waals surface area contributed by atoms with Crippen molar-refractivity contribution in [1.29, 1.82) is 5.26 Å². The van der Waals surface area contributed by atoms with Crippen LogP contribution in [0.4, 0.5) is 4.39 Å². The topological polar surface area (TPSA) is 23.8 Å². The number of hydrogen-bond donors (Lipinski definition) is 0. The summed E-state index contributed by atoms with van der Waals surface area (Å²) in [5, 5.41) is 10.4. The molecule has 2 heteroatoms. The van der Waals surface area contributed by atoms with Crippen LogP contribution in [0.3, 0.4) is 0 Å². The zero-order valence-electron chi connectivity index (χ0n) is 13.8. The molecule has 0 radical (unpaired) electrons. The lowest BCUT2D eigenvalue weighted by Crippen LogP contribution is -2.13. The van der Waals surface area contributed by atoms with Crippen molar-refractivity contribution in [2.75, 3.05) is 0 Å². The van der Waals surface area contributed by atoms with E-state index in [1.165, 1.54) is 50.5 Å². The Morgan fingerprint density at radius 2 is 1.91 bits per heavy atom. The number of rotatable bonds is 4. The van der Waals surface area contributed by atoms with Gasteiger partial charge in [-0.15, -0.1) is 0 Å². The first-order chi connectivity index (χ1) is 11.2. The van der Waals surface area contributed by atoms with E-state index in [1.54, 1.807) is 6.07 Å². The van der Waals surface area contributed by atoms with Crippen molar-refractivity contribution in [2.24, 2.45) is 5.92 Å². The molecular weight excluding hydrogens is 285 g/mol. The zero-order valence-corrected chi connectivity index (χ0v) is 13.8. The van der Waals surface area contributed by atoms with Crippen molar-refractivity contribution in [2.45, 2.75) is 57.8 Å². The summed E-state index contributed by atoms with van der Waals surface area (Å²) in [7, 11) is 0. The Hall–Kier alpha value is -1.88. The summed E-state index contributed by atoms with van der Waals surface area (Å²) in [6.45, 7) is 2.26. The van der Waals surface area contributed by atoms with Gasteiger partial charge in [0.1, 0.15) is 11.9 Å². The van der Waals surface area contributed by atoms with E-state index >= 15 is 0 Å². The highest BCUT2D eigenvalue weighted by Crippen LogP contribution is 2.38. The third kappa shape index (κ3) is 3.39. The van der Waals surface area contributed by atoms with Crippen molar-refractivity contribution in [3.63, 3.8) is 0 Å². The Morgan fingerprint density at radius 3 is 2.61 bits per heavy atom. The quantitative estimate of drug-likeness (QED) is 0.648. The second kappa shape index (κ2) is 7.13. The second-order valence-electron chi connectivity index (χ2n) is 6.88. The van der Waals surface area contributed by atoms with E-state index in [2.05, 4.69) is 19.1 Å². The van der Waals surface area contributed by atoms with Gasteiger partial charge >= 0.3 is 0 Å². The minimum Gasteiger partial charge on any atom is -0.205 e. The summed E-state index contributed by atoms with van der Waals surface area (Å²) in [5.41, 5.74) is 1.46. The molecule has 0 N–H and O–H groups in total. The highest BCUT2D eigenvalue weighted by atomic mass is 19.1. The minimum absolute atomic E-state index is 0.127. The van der Waals surface area contributed by atoms with Crippen LogP contribution in [0.5, 0.6) is 0 Å². The molecule has 0 unspecified atom stereocenters. The summed E-state index contributed by atoms with van der Waals surface area (Å²) in [6.07, 6.45) is 9.17. The van der Waals surface area contributed by atoms with Crippen LogP contribution in [-0.2, 0) is 0 Å². The average molecular weight is 309 g/mol. The van der Waals surface area contributed by atoms with Crippen LogP contribution in [0.25, 0.3) is 10.8 Å². The molecule has 120 valence electrons. The van der Waals surface area contributed by atoms with Gasteiger partial charge in [0.15, 0.2) is 0 Å². The predicted octanol–water partition coefficient (Wildman–Crippen LogP) is 6.31. The van der Waals surface area contributed by atoms with Crippen LogP contribution >= 0.6 is 0 Å². The van der Waals surface area contributed by atoms with Crippen LogP contribution in [0.15, 0.2) is 30.3 Å². The monoisotopic (exact) mass is 309 g/mol. The van der Waals surface area contributed by atoms with Gasteiger partial charge in [0.25, 0.3) is 0 Å². The third-order valence-corrected chi connectivity index (χ3v) is 5.38. The van der Waals surface area contributed by atoms with E-state index in [-0.39, 0.29) is 11.4 Å². The maximum atomic E-state index is 14.2. The van der Waals surface area contributed by atoms with E-state index in [4.69, 9.17) is 5.26 Å². The molecule has 1 nitrogen and oxygen atoms in total. The summed E-state index contributed by atoms with van der Waals surface area (Å²) >= 11 is 0. The summed E-state index contributed by atoms with van der Waals surface area (Å²) < 4.78 is 14.2. The summed E-state index contributed by atoms with van der Waals surface area (Å²) in [4.78, 5) is 0. The van der Waals surface area contributed by atoms with Crippen LogP contribution in [0.1, 0.15) is 68.9 Å². The fourth-order valence-corrected chi connectivity index (χ4v) is 3.93. The van der Waals surface area contributed by atoms with E-state index in [0.717, 1.165) is 11.3 Å². The lowest BCUT2D eigenvalue weighted by Gasteiger charge is -2.29. The van der Waals surface area contributed by atoms with E-state index in [0.29, 0.717) is 11.3 Å².